The Bertz CT molecular complexity index is 270. The van der Waals surface area contributed by atoms with Gasteiger partial charge in [0.25, 0.3) is 0 Å². The van der Waals surface area contributed by atoms with Gasteiger partial charge in [-0.1, -0.05) is 40.5 Å². The van der Waals surface area contributed by atoms with Gasteiger partial charge in [-0.15, -0.1) is 0 Å². The highest BCUT2D eigenvalue weighted by Crippen LogP contribution is 2.25. The lowest BCUT2D eigenvalue weighted by atomic mass is 10.0. The molecule has 0 aromatic rings. The predicted octanol–water partition coefficient (Wildman–Crippen LogP) is 3.18. The number of rotatable bonds is 7. The third kappa shape index (κ3) is 5.52. The Morgan fingerprint density at radius 2 is 1.74 bits per heavy atom. The quantitative estimate of drug-likeness (QED) is 0.771. The summed E-state index contributed by atoms with van der Waals surface area (Å²) in [7, 11) is 0. The molecule has 3 nitrogen and oxygen atoms in total. The fourth-order valence-electron chi connectivity index (χ4n) is 2.91. The molecule has 19 heavy (non-hydrogen) atoms. The molecule has 0 unspecified atom stereocenters. The van der Waals surface area contributed by atoms with Crippen LogP contribution >= 0.6 is 0 Å². The highest BCUT2D eigenvalue weighted by molar-refractivity contribution is 5.82. The first-order valence-corrected chi connectivity index (χ1v) is 7.97. The Hall–Kier alpha value is -0.570. The monoisotopic (exact) mass is 268 g/mol. The number of nitrogens with two attached hydrogens (primary N) is 1. The van der Waals surface area contributed by atoms with Crippen molar-refractivity contribution >= 4 is 5.91 Å². The molecule has 0 heterocycles. The van der Waals surface area contributed by atoms with Crippen LogP contribution in [0.4, 0.5) is 0 Å². The summed E-state index contributed by atoms with van der Waals surface area (Å²) in [5.41, 5.74) is 6.10. The zero-order chi connectivity index (χ0) is 14.4. The highest BCUT2D eigenvalue weighted by Gasteiger charge is 2.29. The summed E-state index contributed by atoms with van der Waals surface area (Å²) in [6.07, 6.45) is 6.72. The first-order chi connectivity index (χ1) is 8.91. The minimum atomic E-state index is -0.312. The second-order valence-electron chi connectivity index (χ2n) is 6.89. The molecule has 0 spiro atoms. The minimum absolute atomic E-state index is 0.182. The Balaban J connectivity index is 2.62. The van der Waals surface area contributed by atoms with Crippen LogP contribution in [0.1, 0.15) is 66.2 Å². The summed E-state index contributed by atoms with van der Waals surface area (Å²) in [6, 6.07) is 0.136. The predicted molar refractivity (Wildman–Crippen MR) is 80.9 cm³/mol. The van der Waals surface area contributed by atoms with E-state index in [9.17, 15) is 4.79 Å². The van der Waals surface area contributed by atoms with Gasteiger partial charge in [0.15, 0.2) is 0 Å². The molecular weight excluding hydrogens is 236 g/mol. The minimum Gasteiger partial charge on any atom is -0.338 e. The van der Waals surface area contributed by atoms with E-state index < -0.39 is 0 Å². The van der Waals surface area contributed by atoms with E-state index in [4.69, 9.17) is 5.73 Å². The zero-order valence-electron chi connectivity index (χ0n) is 13.2. The van der Waals surface area contributed by atoms with Gasteiger partial charge in [-0.3, -0.25) is 4.79 Å². The maximum absolute atomic E-state index is 12.6. The average molecular weight is 268 g/mol. The van der Waals surface area contributed by atoms with Crippen molar-refractivity contribution in [2.75, 3.05) is 6.54 Å². The first-order valence-electron chi connectivity index (χ1n) is 7.97. The standard InChI is InChI=1S/C16H32N2O/c1-12(2)9-10-18(14-7-5-6-8-14)16(19)15(17)11-13(3)4/h12-15H,5-11,17H2,1-4H3/t15-/m0/s1. The lowest BCUT2D eigenvalue weighted by Gasteiger charge is -2.32. The molecule has 2 N–H and O–H groups in total. The van der Waals surface area contributed by atoms with Crippen LogP contribution in [0.15, 0.2) is 0 Å². The van der Waals surface area contributed by atoms with Gasteiger partial charge in [0.1, 0.15) is 0 Å². The molecular formula is C16H32N2O. The number of hydrogen-bond donors (Lipinski definition) is 1. The Morgan fingerprint density at radius 1 is 1.16 bits per heavy atom. The molecule has 1 saturated carbocycles. The second kappa shape index (κ2) is 7.88. The first kappa shape index (κ1) is 16.5. The maximum atomic E-state index is 12.6. The average Bonchev–Trinajstić information content (AvgIpc) is 2.81. The highest BCUT2D eigenvalue weighted by atomic mass is 16.2. The summed E-state index contributed by atoms with van der Waals surface area (Å²) in [6.45, 7) is 9.56. The Labute approximate surface area is 118 Å². The fourth-order valence-corrected chi connectivity index (χ4v) is 2.91. The van der Waals surface area contributed by atoms with Gasteiger partial charge in [-0.05, 0) is 37.5 Å². The molecule has 112 valence electrons. The lowest BCUT2D eigenvalue weighted by molar-refractivity contribution is -0.135. The summed E-state index contributed by atoms with van der Waals surface area (Å²) >= 11 is 0. The SMILES string of the molecule is CC(C)CCN(C(=O)[C@@H](N)CC(C)C)C1CCCC1. The molecule has 0 aliphatic heterocycles. The van der Waals surface area contributed by atoms with E-state index in [1.165, 1.54) is 12.8 Å². The second-order valence-corrected chi connectivity index (χ2v) is 6.89. The van der Waals surface area contributed by atoms with E-state index in [-0.39, 0.29) is 11.9 Å². The number of amides is 1. The van der Waals surface area contributed by atoms with Crippen LogP contribution in [-0.4, -0.2) is 29.4 Å². The van der Waals surface area contributed by atoms with Crippen molar-refractivity contribution in [3.63, 3.8) is 0 Å². The summed E-state index contributed by atoms with van der Waals surface area (Å²) in [4.78, 5) is 14.7. The van der Waals surface area contributed by atoms with Gasteiger partial charge >= 0.3 is 0 Å². The summed E-state index contributed by atoms with van der Waals surface area (Å²) < 4.78 is 0. The third-order valence-electron chi connectivity index (χ3n) is 4.04. The molecule has 1 fully saturated rings. The summed E-state index contributed by atoms with van der Waals surface area (Å²) in [5, 5.41) is 0. The van der Waals surface area contributed by atoms with Crippen molar-refractivity contribution in [1.82, 2.24) is 4.90 Å². The molecule has 1 aliphatic rings. The van der Waals surface area contributed by atoms with Gasteiger partial charge < -0.3 is 10.6 Å². The molecule has 3 heteroatoms. The lowest BCUT2D eigenvalue weighted by Crippen LogP contribution is -2.49. The van der Waals surface area contributed by atoms with Crippen LogP contribution in [0.2, 0.25) is 0 Å². The van der Waals surface area contributed by atoms with Crippen LogP contribution < -0.4 is 5.73 Å². The zero-order valence-corrected chi connectivity index (χ0v) is 13.2. The number of nitrogens with zero attached hydrogens (tertiary/aromatic N) is 1. The molecule has 0 saturated heterocycles. The topological polar surface area (TPSA) is 46.3 Å². The van der Waals surface area contributed by atoms with Crippen molar-refractivity contribution in [2.24, 2.45) is 17.6 Å². The van der Waals surface area contributed by atoms with Crippen molar-refractivity contribution in [2.45, 2.75) is 78.3 Å². The van der Waals surface area contributed by atoms with Gasteiger partial charge in [-0.2, -0.15) is 0 Å². The van der Waals surface area contributed by atoms with Crippen LogP contribution in [0.5, 0.6) is 0 Å². The van der Waals surface area contributed by atoms with Crippen molar-refractivity contribution < 1.29 is 4.79 Å². The van der Waals surface area contributed by atoms with E-state index in [1.807, 2.05) is 0 Å². The largest absolute Gasteiger partial charge is 0.338 e. The van der Waals surface area contributed by atoms with Crippen molar-refractivity contribution in [1.29, 1.82) is 0 Å². The van der Waals surface area contributed by atoms with E-state index in [0.717, 1.165) is 32.2 Å². The van der Waals surface area contributed by atoms with Gasteiger partial charge in [-0.25, -0.2) is 0 Å². The van der Waals surface area contributed by atoms with E-state index >= 15 is 0 Å². The van der Waals surface area contributed by atoms with Gasteiger partial charge in [0, 0.05) is 12.6 Å². The van der Waals surface area contributed by atoms with Gasteiger partial charge in [0.05, 0.1) is 6.04 Å². The van der Waals surface area contributed by atoms with Crippen molar-refractivity contribution in [3.05, 3.63) is 0 Å². The third-order valence-corrected chi connectivity index (χ3v) is 4.04. The van der Waals surface area contributed by atoms with Crippen LogP contribution in [-0.2, 0) is 4.79 Å². The molecule has 0 radical (unpaired) electrons. The molecule has 1 amide bonds. The van der Waals surface area contributed by atoms with Crippen LogP contribution in [0, 0.1) is 11.8 Å². The summed E-state index contributed by atoms with van der Waals surface area (Å²) in [5.74, 6) is 1.30. The van der Waals surface area contributed by atoms with Crippen LogP contribution in [0.3, 0.4) is 0 Å². The molecule has 0 aromatic carbocycles. The normalized spacial score (nSPS) is 18.3. The molecule has 0 aromatic heterocycles. The fraction of sp³-hybridized carbons (Fsp3) is 0.938. The van der Waals surface area contributed by atoms with Crippen molar-refractivity contribution in [3.8, 4) is 0 Å². The van der Waals surface area contributed by atoms with Gasteiger partial charge in [0.2, 0.25) is 5.91 Å². The number of carbonyl (C=O) groups excluding carboxylic acids is 1. The van der Waals surface area contributed by atoms with E-state index in [1.54, 1.807) is 0 Å². The number of hydrogen-bond acceptors (Lipinski definition) is 2. The molecule has 1 rings (SSSR count). The maximum Gasteiger partial charge on any atom is 0.239 e. The van der Waals surface area contributed by atoms with E-state index in [0.29, 0.717) is 17.9 Å². The Kier molecular flexibility index (Phi) is 6.84. The smallest absolute Gasteiger partial charge is 0.239 e. The van der Waals surface area contributed by atoms with Crippen LogP contribution in [0.25, 0.3) is 0 Å². The molecule has 1 atom stereocenters. The molecule has 1 aliphatic carbocycles. The van der Waals surface area contributed by atoms with E-state index in [2.05, 4.69) is 32.6 Å². The number of carbonyl (C=O) groups is 1. The molecule has 0 bridgehead atoms. The Morgan fingerprint density at radius 3 is 2.21 bits per heavy atom.